The first-order valence-electron chi connectivity index (χ1n) is 4.52. The SMILES string of the molecule is N#CCC(=O)NN=CC(=O)c1ccccc1. The number of carbonyl (C=O) groups is 2. The van der Waals surface area contributed by atoms with E-state index in [-0.39, 0.29) is 12.2 Å². The summed E-state index contributed by atoms with van der Waals surface area (Å²) in [5.74, 6) is -0.850. The summed E-state index contributed by atoms with van der Waals surface area (Å²) in [4.78, 5) is 22.2. The molecule has 5 heteroatoms. The van der Waals surface area contributed by atoms with Crippen LogP contribution in [0.1, 0.15) is 16.8 Å². The summed E-state index contributed by atoms with van der Waals surface area (Å²) in [5, 5.41) is 11.6. The predicted octanol–water partition coefficient (Wildman–Crippen LogP) is 0.885. The molecule has 0 heterocycles. The Morgan fingerprint density at radius 3 is 2.69 bits per heavy atom. The summed E-state index contributed by atoms with van der Waals surface area (Å²) in [6.07, 6.45) is 0.724. The number of hydrogen-bond acceptors (Lipinski definition) is 4. The van der Waals surface area contributed by atoms with E-state index in [0.29, 0.717) is 5.56 Å². The summed E-state index contributed by atoms with van der Waals surface area (Å²) >= 11 is 0. The molecule has 0 aliphatic heterocycles. The minimum Gasteiger partial charge on any atom is -0.287 e. The van der Waals surface area contributed by atoms with E-state index in [1.807, 2.05) is 0 Å². The molecule has 1 N–H and O–H groups in total. The van der Waals surface area contributed by atoms with Gasteiger partial charge >= 0.3 is 0 Å². The van der Waals surface area contributed by atoms with Crippen LogP contribution in [0.25, 0.3) is 0 Å². The van der Waals surface area contributed by atoms with Gasteiger partial charge in [-0.05, 0) is 0 Å². The van der Waals surface area contributed by atoms with E-state index < -0.39 is 5.91 Å². The maximum Gasteiger partial charge on any atom is 0.254 e. The van der Waals surface area contributed by atoms with E-state index >= 15 is 0 Å². The summed E-state index contributed by atoms with van der Waals surface area (Å²) in [6.45, 7) is 0. The number of Topliss-reactive ketones (excluding diaryl/α,β-unsaturated/α-hetero) is 1. The highest BCUT2D eigenvalue weighted by Crippen LogP contribution is 1.97. The third-order valence-corrected chi connectivity index (χ3v) is 1.67. The Labute approximate surface area is 92.4 Å². The lowest BCUT2D eigenvalue weighted by atomic mass is 10.1. The molecule has 0 bridgehead atoms. The average Bonchev–Trinajstić information content (AvgIpc) is 2.30. The Morgan fingerprint density at radius 1 is 1.38 bits per heavy atom. The van der Waals surface area contributed by atoms with Crippen LogP contribution in [-0.4, -0.2) is 17.9 Å². The quantitative estimate of drug-likeness (QED) is 0.460. The van der Waals surface area contributed by atoms with Crippen LogP contribution in [0, 0.1) is 11.3 Å². The molecule has 1 aromatic carbocycles. The second-order valence-electron chi connectivity index (χ2n) is 2.86. The standard InChI is InChI=1S/C11H9N3O2/c12-7-6-11(16)14-13-8-10(15)9-4-2-1-3-5-9/h1-5,8H,6H2,(H,14,16). The molecule has 1 amide bonds. The number of amides is 1. The second-order valence-corrected chi connectivity index (χ2v) is 2.86. The molecule has 0 aliphatic rings. The number of hydrogen-bond donors (Lipinski definition) is 1. The van der Waals surface area contributed by atoms with Crippen molar-refractivity contribution in [2.75, 3.05) is 0 Å². The Balaban J connectivity index is 2.50. The van der Waals surface area contributed by atoms with E-state index in [9.17, 15) is 9.59 Å². The Hall–Kier alpha value is -2.48. The summed E-state index contributed by atoms with van der Waals surface area (Å²) < 4.78 is 0. The highest BCUT2D eigenvalue weighted by molar-refractivity contribution is 6.35. The summed E-state index contributed by atoms with van der Waals surface area (Å²) in [6, 6.07) is 10.2. The van der Waals surface area contributed by atoms with Crippen molar-refractivity contribution in [3.63, 3.8) is 0 Å². The lowest BCUT2D eigenvalue weighted by Crippen LogP contribution is -2.17. The van der Waals surface area contributed by atoms with Crippen molar-refractivity contribution >= 4 is 17.9 Å². The number of rotatable bonds is 4. The fourth-order valence-electron chi connectivity index (χ4n) is 0.951. The van der Waals surface area contributed by atoms with Gasteiger partial charge in [0.15, 0.2) is 0 Å². The third kappa shape index (κ3) is 3.72. The maximum absolute atomic E-state index is 11.4. The molecule has 0 saturated heterocycles. The van der Waals surface area contributed by atoms with Gasteiger partial charge < -0.3 is 0 Å². The zero-order valence-electron chi connectivity index (χ0n) is 8.38. The van der Waals surface area contributed by atoms with Gasteiger partial charge in [0.05, 0.1) is 12.3 Å². The minimum absolute atomic E-state index is 0.281. The Morgan fingerprint density at radius 2 is 2.06 bits per heavy atom. The van der Waals surface area contributed by atoms with Crippen molar-refractivity contribution in [3.8, 4) is 6.07 Å². The highest BCUT2D eigenvalue weighted by Gasteiger charge is 2.01. The molecule has 0 aliphatic carbocycles. The smallest absolute Gasteiger partial charge is 0.254 e. The van der Waals surface area contributed by atoms with Crippen LogP contribution in [0.5, 0.6) is 0 Å². The minimum atomic E-state index is -0.542. The third-order valence-electron chi connectivity index (χ3n) is 1.67. The van der Waals surface area contributed by atoms with Gasteiger partial charge in [-0.1, -0.05) is 30.3 Å². The fourth-order valence-corrected chi connectivity index (χ4v) is 0.951. The number of ketones is 1. The first kappa shape index (κ1) is 11.6. The van der Waals surface area contributed by atoms with E-state index in [4.69, 9.17) is 5.26 Å². The van der Waals surface area contributed by atoms with Gasteiger partial charge in [-0.3, -0.25) is 9.59 Å². The predicted molar refractivity (Wildman–Crippen MR) is 57.6 cm³/mol. The van der Waals surface area contributed by atoms with E-state index in [1.54, 1.807) is 36.4 Å². The van der Waals surface area contributed by atoms with Crippen molar-refractivity contribution in [1.29, 1.82) is 5.26 Å². The molecule has 0 radical (unpaired) electrons. The van der Waals surface area contributed by atoms with Crippen LogP contribution in [0.3, 0.4) is 0 Å². The molecule has 0 unspecified atom stereocenters. The van der Waals surface area contributed by atoms with E-state index in [0.717, 1.165) is 6.21 Å². The largest absolute Gasteiger partial charge is 0.287 e. The zero-order valence-corrected chi connectivity index (χ0v) is 8.38. The number of benzene rings is 1. The van der Waals surface area contributed by atoms with Crippen LogP contribution >= 0.6 is 0 Å². The zero-order chi connectivity index (χ0) is 11.8. The van der Waals surface area contributed by atoms with Gasteiger partial charge in [0.2, 0.25) is 5.78 Å². The van der Waals surface area contributed by atoms with Crippen molar-refractivity contribution in [1.82, 2.24) is 5.43 Å². The van der Waals surface area contributed by atoms with Crippen LogP contribution < -0.4 is 5.43 Å². The van der Waals surface area contributed by atoms with Gasteiger partial charge in [0.1, 0.15) is 6.42 Å². The molecule has 0 aromatic heterocycles. The lowest BCUT2D eigenvalue weighted by Gasteiger charge is -1.94. The number of nitriles is 1. The van der Waals surface area contributed by atoms with Crippen LogP contribution in [0.2, 0.25) is 0 Å². The molecule has 1 rings (SSSR count). The van der Waals surface area contributed by atoms with Gasteiger partial charge in [-0.25, -0.2) is 5.43 Å². The van der Waals surface area contributed by atoms with Crippen molar-refractivity contribution < 1.29 is 9.59 Å². The summed E-state index contributed by atoms with van der Waals surface area (Å²) in [5.41, 5.74) is 2.56. The first-order valence-corrected chi connectivity index (χ1v) is 4.52. The second kappa shape index (κ2) is 6.09. The first-order chi connectivity index (χ1) is 7.74. The topological polar surface area (TPSA) is 82.3 Å². The number of hydrazone groups is 1. The monoisotopic (exact) mass is 215 g/mol. The number of nitrogens with one attached hydrogen (secondary N) is 1. The number of nitrogens with zero attached hydrogens (tertiary/aromatic N) is 2. The van der Waals surface area contributed by atoms with Crippen LogP contribution in [0.15, 0.2) is 35.4 Å². The molecule has 16 heavy (non-hydrogen) atoms. The molecule has 5 nitrogen and oxygen atoms in total. The van der Waals surface area contributed by atoms with Crippen LogP contribution in [-0.2, 0) is 4.79 Å². The molecule has 80 valence electrons. The Kier molecular flexibility index (Phi) is 4.41. The van der Waals surface area contributed by atoms with Gasteiger partial charge in [0, 0.05) is 5.56 Å². The molecule has 0 spiro atoms. The normalized spacial score (nSPS) is 9.69. The Bertz CT molecular complexity index is 446. The molecular formula is C11H9N3O2. The van der Waals surface area contributed by atoms with Gasteiger partial charge in [-0.2, -0.15) is 10.4 Å². The van der Waals surface area contributed by atoms with Crippen LogP contribution in [0.4, 0.5) is 0 Å². The molecule has 0 fully saturated rings. The van der Waals surface area contributed by atoms with E-state index in [2.05, 4.69) is 10.5 Å². The van der Waals surface area contributed by atoms with E-state index in [1.165, 1.54) is 0 Å². The molecule has 0 atom stereocenters. The van der Waals surface area contributed by atoms with Crippen molar-refractivity contribution in [2.45, 2.75) is 6.42 Å². The average molecular weight is 215 g/mol. The van der Waals surface area contributed by atoms with Gasteiger partial charge in [0.25, 0.3) is 5.91 Å². The van der Waals surface area contributed by atoms with Gasteiger partial charge in [-0.15, -0.1) is 0 Å². The van der Waals surface area contributed by atoms with Crippen molar-refractivity contribution in [2.24, 2.45) is 5.10 Å². The number of carbonyl (C=O) groups excluding carboxylic acids is 2. The van der Waals surface area contributed by atoms with Crippen molar-refractivity contribution in [3.05, 3.63) is 35.9 Å². The summed E-state index contributed by atoms with van der Waals surface area (Å²) in [7, 11) is 0. The molecule has 1 aromatic rings. The maximum atomic E-state index is 11.4. The molecule has 0 saturated carbocycles. The lowest BCUT2D eigenvalue weighted by molar-refractivity contribution is -0.120. The fraction of sp³-hybridized carbons (Fsp3) is 0.0909. The highest BCUT2D eigenvalue weighted by atomic mass is 16.2. The molecular weight excluding hydrogens is 206 g/mol.